The third kappa shape index (κ3) is 7.92. The van der Waals surface area contributed by atoms with Gasteiger partial charge in [0.15, 0.2) is 0 Å². The van der Waals surface area contributed by atoms with Crippen molar-refractivity contribution >= 4 is 29.2 Å². The van der Waals surface area contributed by atoms with Crippen LogP contribution in [0.1, 0.15) is 71.7 Å². The number of rotatable bonds is 7. The lowest BCUT2D eigenvalue weighted by molar-refractivity contribution is -0.116. The minimum atomic E-state index is -0.289. The zero-order valence-electron chi connectivity index (χ0n) is 22.0. The summed E-state index contributed by atoms with van der Waals surface area (Å²) in [7, 11) is 0. The molecule has 0 spiro atoms. The fourth-order valence-electron chi connectivity index (χ4n) is 4.09. The smallest absolute Gasteiger partial charge is 0.317 e. The molecule has 2 N–H and O–H groups in total. The molecule has 0 atom stereocenters. The van der Waals surface area contributed by atoms with Crippen LogP contribution in [0.25, 0.3) is 0 Å². The molecule has 1 aliphatic rings. The summed E-state index contributed by atoms with van der Waals surface area (Å²) in [5.41, 5.74) is 1.77. The molecule has 1 aromatic rings. The summed E-state index contributed by atoms with van der Waals surface area (Å²) in [4.78, 5) is 44.2. The highest BCUT2D eigenvalue weighted by atomic mass is 16.2. The molecule has 190 valence electrons. The molecule has 0 bridgehead atoms. The van der Waals surface area contributed by atoms with Crippen molar-refractivity contribution in [1.82, 2.24) is 15.1 Å². The SMILES string of the molecule is CCN(CC)C(=O)c1cc(NC(=O)CC(C)C)ccc1N1CCCN(C(=O)NC(C)(C)C)CC1. The van der Waals surface area contributed by atoms with Gasteiger partial charge in [0.05, 0.1) is 5.56 Å². The first kappa shape index (κ1) is 27.5. The lowest BCUT2D eigenvalue weighted by Gasteiger charge is -2.29. The number of hydrogen-bond acceptors (Lipinski definition) is 4. The number of urea groups is 1. The average molecular weight is 474 g/mol. The zero-order valence-corrected chi connectivity index (χ0v) is 22.0. The maximum atomic E-state index is 13.4. The van der Waals surface area contributed by atoms with Crippen molar-refractivity contribution in [2.75, 3.05) is 49.5 Å². The fraction of sp³-hybridized carbons (Fsp3) is 0.654. The van der Waals surface area contributed by atoms with Gasteiger partial charge in [-0.15, -0.1) is 0 Å². The van der Waals surface area contributed by atoms with Crippen molar-refractivity contribution in [2.24, 2.45) is 5.92 Å². The molecule has 1 aliphatic heterocycles. The molecule has 34 heavy (non-hydrogen) atoms. The van der Waals surface area contributed by atoms with Crippen LogP contribution >= 0.6 is 0 Å². The van der Waals surface area contributed by atoms with Gasteiger partial charge in [0.25, 0.3) is 5.91 Å². The van der Waals surface area contributed by atoms with Crippen LogP contribution in [0.3, 0.4) is 0 Å². The van der Waals surface area contributed by atoms with Gasteiger partial charge in [-0.1, -0.05) is 13.8 Å². The third-order valence-corrected chi connectivity index (χ3v) is 5.76. The van der Waals surface area contributed by atoms with Crippen LogP contribution in [-0.4, -0.2) is 72.5 Å². The molecule has 0 unspecified atom stereocenters. The highest BCUT2D eigenvalue weighted by molar-refractivity contribution is 6.02. The molecule has 4 amide bonds. The number of nitrogens with zero attached hydrogens (tertiary/aromatic N) is 3. The van der Waals surface area contributed by atoms with Crippen LogP contribution < -0.4 is 15.5 Å². The Kier molecular flexibility index (Phi) is 9.77. The molecule has 0 aliphatic carbocycles. The normalized spacial score (nSPS) is 14.6. The van der Waals surface area contributed by atoms with Crippen molar-refractivity contribution in [3.05, 3.63) is 23.8 Å². The quantitative estimate of drug-likeness (QED) is 0.622. The van der Waals surface area contributed by atoms with Gasteiger partial charge in [-0.3, -0.25) is 9.59 Å². The molecule has 1 heterocycles. The number of carbonyl (C=O) groups is 3. The first-order valence-corrected chi connectivity index (χ1v) is 12.5. The fourth-order valence-corrected chi connectivity index (χ4v) is 4.09. The van der Waals surface area contributed by atoms with E-state index in [4.69, 9.17) is 0 Å². The number of hydrogen-bond donors (Lipinski definition) is 2. The van der Waals surface area contributed by atoms with E-state index in [9.17, 15) is 14.4 Å². The molecule has 0 radical (unpaired) electrons. The molecule has 2 rings (SSSR count). The Hall–Kier alpha value is -2.77. The minimum Gasteiger partial charge on any atom is -0.369 e. The highest BCUT2D eigenvalue weighted by Crippen LogP contribution is 2.27. The Bertz CT molecular complexity index is 858. The Morgan fingerprint density at radius 2 is 1.71 bits per heavy atom. The molecule has 8 heteroatoms. The lowest BCUT2D eigenvalue weighted by Crippen LogP contribution is -2.49. The molecule has 8 nitrogen and oxygen atoms in total. The van der Waals surface area contributed by atoms with Gasteiger partial charge in [0.1, 0.15) is 0 Å². The summed E-state index contributed by atoms with van der Waals surface area (Å²) in [6.45, 7) is 17.7. The van der Waals surface area contributed by atoms with Gasteiger partial charge < -0.3 is 25.3 Å². The van der Waals surface area contributed by atoms with Crippen LogP contribution in [0.5, 0.6) is 0 Å². The summed E-state index contributed by atoms with van der Waals surface area (Å²) >= 11 is 0. The summed E-state index contributed by atoms with van der Waals surface area (Å²) in [6.07, 6.45) is 1.24. The predicted molar refractivity (Wildman–Crippen MR) is 138 cm³/mol. The van der Waals surface area contributed by atoms with E-state index in [2.05, 4.69) is 15.5 Å². The highest BCUT2D eigenvalue weighted by Gasteiger charge is 2.26. The Morgan fingerprint density at radius 1 is 1.03 bits per heavy atom. The second kappa shape index (κ2) is 12.1. The molecular formula is C26H43N5O3. The van der Waals surface area contributed by atoms with E-state index in [-0.39, 0.29) is 29.3 Å². The molecule has 0 saturated carbocycles. The lowest BCUT2D eigenvalue weighted by atomic mass is 10.1. The first-order chi connectivity index (χ1) is 15.9. The third-order valence-electron chi connectivity index (χ3n) is 5.76. The first-order valence-electron chi connectivity index (χ1n) is 12.5. The van der Waals surface area contributed by atoms with Crippen LogP contribution in [-0.2, 0) is 4.79 Å². The number of carbonyl (C=O) groups excluding carboxylic acids is 3. The largest absolute Gasteiger partial charge is 0.369 e. The van der Waals surface area contributed by atoms with Crippen molar-refractivity contribution in [2.45, 2.75) is 66.8 Å². The molecule has 1 fully saturated rings. The number of benzene rings is 1. The summed E-state index contributed by atoms with van der Waals surface area (Å²) < 4.78 is 0. The second-order valence-electron chi connectivity index (χ2n) is 10.4. The van der Waals surface area contributed by atoms with Crippen LogP contribution in [0.15, 0.2) is 18.2 Å². The van der Waals surface area contributed by atoms with E-state index < -0.39 is 0 Å². The van der Waals surface area contributed by atoms with E-state index in [0.717, 1.165) is 18.7 Å². The summed E-state index contributed by atoms with van der Waals surface area (Å²) in [6, 6.07) is 5.52. The van der Waals surface area contributed by atoms with Crippen molar-refractivity contribution in [1.29, 1.82) is 0 Å². The Balaban J connectivity index is 2.29. The minimum absolute atomic E-state index is 0.0495. The maximum Gasteiger partial charge on any atom is 0.317 e. The van der Waals surface area contributed by atoms with E-state index in [1.165, 1.54) is 0 Å². The van der Waals surface area contributed by atoms with Gasteiger partial charge in [-0.25, -0.2) is 4.79 Å². The summed E-state index contributed by atoms with van der Waals surface area (Å²) in [5, 5.41) is 5.98. The van der Waals surface area contributed by atoms with E-state index in [1.54, 1.807) is 11.0 Å². The van der Waals surface area contributed by atoms with Crippen LogP contribution in [0, 0.1) is 5.92 Å². The maximum absolute atomic E-state index is 13.4. The van der Waals surface area contributed by atoms with Gasteiger partial charge in [-0.05, 0) is 65.2 Å². The average Bonchev–Trinajstić information content (AvgIpc) is 2.99. The van der Waals surface area contributed by atoms with Crippen LogP contribution in [0.2, 0.25) is 0 Å². The van der Waals surface area contributed by atoms with E-state index in [0.29, 0.717) is 50.4 Å². The summed E-state index contributed by atoms with van der Waals surface area (Å²) in [5.74, 6) is 0.150. The molecule has 1 aromatic carbocycles. The van der Waals surface area contributed by atoms with Gasteiger partial charge >= 0.3 is 6.03 Å². The van der Waals surface area contributed by atoms with Crippen molar-refractivity contribution in [3.8, 4) is 0 Å². The van der Waals surface area contributed by atoms with Gasteiger partial charge in [0, 0.05) is 62.6 Å². The number of nitrogens with one attached hydrogen (secondary N) is 2. The van der Waals surface area contributed by atoms with Crippen LogP contribution in [0.4, 0.5) is 16.2 Å². The molecule has 1 saturated heterocycles. The second-order valence-corrected chi connectivity index (χ2v) is 10.4. The topological polar surface area (TPSA) is 85.0 Å². The Labute approximate surface area is 205 Å². The molecular weight excluding hydrogens is 430 g/mol. The molecule has 0 aromatic heterocycles. The van der Waals surface area contributed by atoms with Gasteiger partial charge in [0.2, 0.25) is 5.91 Å². The van der Waals surface area contributed by atoms with Gasteiger partial charge in [-0.2, -0.15) is 0 Å². The standard InChI is InChI=1S/C26H43N5O3/c1-8-29(9-2)24(33)21-18-20(27-23(32)17-19(3)4)11-12-22(21)30-13-10-14-31(16-15-30)25(34)28-26(5,6)7/h11-12,18-19H,8-10,13-17H2,1-7H3,(H,27,32)(H,28,34). The number of anilines is 2. The van der Waals surface area contributed by atoms with Crippen molar-refractivity contribution in [3.63, 3.8) is 0 Å². The van der Waals surface area contributed by atoms with E-state index >= 15 is 0 Å². The monoisotopic (exact) mass is 473 g/mol. The number of amides is 4. The zero-order chi connectivity index (χ0) is 25.5. The van der Waals surface area contributed by atoms with Crippen molar-refractivity contribution < 1.29 is 14.4 Å². The Morgan fingerprint density at radius 3 is 2.29 bits per heavy atom. The predicted octanol–water partition coefficient (Wildman–Crippen LogP) is 4.17. The van der Waals surface area contributed by atoms with E-state index in [1.807, 2.05) is 65.5 Å².